The van der Waals surface area contributed by atoms with Crippen LogP contribution in [0.4, 0.5) is 0 Å². The van der Waals surface area contributed by atoms with Crippen LogP contribution < -0.4 is 0 Å². The van der Waals surface area contributed by atoms with E-state index in [4.69, 9.17) is 0 Å². The van der Waals surface area contributed by atoms with Gasteiger partial charge in [0.05, 0.1) is 5.56 Å². The normalized spacial score (nSPS) is 14.5. The number of aromatic hydroxyl groups is 2. The summed E-state index contributed by atoms with van der Waals surface area (Å²) in [6.07, 6.45) is 3.26. The van der Waals surface area contributed by atoms with Crippen molar-refractivity contribution < 1.29 is 15.0 Å². The molecule has 3 nitrogen and oxygen atoms in total. The second kappa shape index (κ2) is 4.85. The number of phenolic OH excluding ortho intramolecular Hbond substituents is 2. The first-order valence-electron chi connectivity index (χ1n) is 8.22. The zero-order valence-corrected chi connectivity index (χ0v) is 15.1. The summed E-state index contributed by atoms with van der Waals surface area (Å²) < 4.78 is 0. The first-order valence-corrected chi connectivity index (χ1v) is 8.22. The van der Waals surface area contributed by atoms with Crippen LogP contribution in [0.3, 0.4) is 0 Å². The van der Waals surface area contributed by atoms with Crippen molar-refractivity contribution in [2.45, 2.75) is 52.4 Å². The standard InChI is InChI=1S/C21H24O3/c1-20(2,3)13-9-11-7-8-15(22)17-16(11)12(18(13)23)10-14(19(17)24)21(4,5)6/h7-10,23-24H,1-6H3. The molecule has 0 saturated heterocycles. The van der Waals surface area contributed by atoms with Crippen LogP contribution in [0.2, 0.25) is 0 Å². The minimum atomic E-state index is -0.347. The molecule has 0 aliphatic heterocycles. The monoisotopic (exact) mass is 324 g/mol. The van der Waals surface area contributed by atoms with Gasteiger partial charge in [0.25, 0.3) is 0 Å². The molecular weight excluding hydrogens is 300 g/mol. The van der Waals surface area contributed by atoms with Crippen LogP contribution in [0.15, 0.2) is 18.2 Å². The highest BCUT2D eigenvalue weighted by atomic mass is 16.3. The van der Waals surface area contributed by atoms with E-state index in [-0.39, 0.29) is 28.1 Å². The zero-order chi connectivity index (χ0) is 18.0. The summed E-state index contributed by atoms with van der Waals surface area (Å²) in [5.41, 5.74) is 2.08. The molecule has 0 aromatic heterocycles. The molecule has 126 valence electrons. The average Bonchev–Trinajstić information content (AvgIpc) is 2.43. The van der Waals surface area contributed by atoms with Crippen molar-refractivity contribution in [1.82, 2.24) is 0 Å². The summed E-state index contributed by atoms with van der Waals surface area (Å²) in [6, 6.07) is 3.75. The number of hydrogen-bond acceptors (Lipinski definition) is 3. The number of benzene rings is 2. The van der Waals surface area contributed by atoms with Crippen molar-refractivity contribution in [3.63, 3.8) is 0 Å². The molecule has 0 fully saturated rings. The highest BCUT2D eigenvalue weighted by molar-refractivity contribution is 6.22. The molecule has 0 atom stereocenters. The van der Waals surface area contributed by atoms with Gasteiger partial charge in [-0.25, -0.2) is 0 Å². The van der Waals surface area contributed by atoms with E-state index in [9.17, 15) is 15.0 Å². The van der Waals surface area contributed by atoms with Gasteiger partial charge >= 0.3 is 0 Å². The van der Waals surface area contributed by atoms with Crippen LogP contribution in [0, 0.1) is 0 Å². The lowest BCUT2D eigenvalue weighted by Crippen LogP contribution is -2.16. The van der Waals surface area contributed by atoms with E-state index in [1.165, 1.54) is 6.08 Å². The third-order valence-electron chi connectivity index (χ3n) is 4.68. The fourth-order valence-electron chi connectivity index (χ4n) is 3.36. The minimum absolute atomic E-state index is 0.0218. The van der Waals surface area contributed by atoms with Crippen LogP contribution >= 0.6 is 0 Å². The van der Waals surface area contributed by atoms with Crippen LogP contribution in [0.1, 0.15) is 68.6 Å². The Bertz CT molecular complexity index is 904. The quantitative estimate of drug-likeness (QED) is 0.712. The Hall–Kier alpha value is -2.29. The fraction of sp³-hybridized carbons (Fsp3) is 0.381. The topological polar surface area (TPSA) is 57.5 Å². The van der Waals surface area contributed by atoms with E-state index < -0.39 is 0 Å². The lowest BCUT2D eigenvalue weighted by atomic mass is 9.77. The predicted octanol–water partition coefficient (Wildman–Crippen LogP) is 5.06. The second-order valence-corrected chi connectivity index (χ2v) is 8.63. The van der Waals surface area contributed by atoms with Gasteiger partial charge in [-0.3, -0.25) is 4.79 Å². The molecule has 0 bridgehead atoms. The van der Waals surface area contributed by atoms with Crippen LogP contribution in [0.25, 0.3) is 16.8 Å². The lowest BCUT2D eigenvalue weighted by Gasteiger charge is -2.27. The maximum atomic E-state index is 12.4. The molecule has 1 aliphatic rings. The van der Waals surface area contributed by atoms with E-state index in [0.717, 1.165) is 11.1 Å². The Morgan fingerprint density at radius 3 is 1.88 bits per heavy atom. The average molecular weight is 324 g/mol. The van der Waals surface area contributed by atoms with Gasteiger partial charge in [0, 0.05) is 21.9 Å². The number of hydrogen-bond donors (Lipinski definition) is 2. The summed E-state index contributed by atoms with van der Waals surface area (Å²) in [5.74, 6) is -0.0105. The lowest BCUT2D eigenvalue weighted by molar-refractivity contribution is 0.104. The molecule has 0 radical (unpaired) electrons. The third kappa shape index (κ3) is 2.31. The van der Waals surface area contributed by atoms with Crippen LogP contribution in [-0.4, -0.2) is 16.0 Å². The largest absolute Gasteiger partial charge is 0.507 e. The molecule has 24 heavy (non-hydrogen) atoms. The SMILES string of the molecule is CC(C)(C)c1cc2c(O)c(C(C)(C)C)cc3c2c(c1O)C(=O)C=C3. The van der Waals surface area contributed by atoms with Crippen LogP contribution in [-0.2, 0) is 10.8 Å². The molecule has 0 unspecified atom stereocenters. The van der Waals surface area contributed by atoms with Gasteiger partial charge < -0.3 is 10.2 Å². The van der Waals surface area contributed by atoms with Gasteiger partial charge in [-0.1, -0.05) is 47.6 Å². The summed E-state index contributed by atoms with van der Waals surface area (Å²) in [7, 11) is 0. The zero-order valence-electron chi connectivity index (χ0n) is 15.1. The van der Waals surface area contributed by atoms with Gasteiger partial charge in [0.1, 0.15) is 11.5 Å². The first kappa shape index (κ1) is 16.6. The summed E-state index contributed by atoms with van der Waals surface area (Å²) in [4.78, 5) is 12.4. The predicted molar refractivity (Wildman–Crippen MR) is 98.0 cm³/mol. The fourth-order valence-corrected chi connectivity index (χ4v) is 3.36. The molecular formula is C21H24O3. The van der Waals surface area contributed by atoms with E-state index in [0.29, 0.717) is 21.9 Å². The number of carbonyl (C=O) groups is 1. The van der Waals surface area contributed by atoms with Crippen molar-refractivity contribution in [2.24, 2.45) is 0 Å². The molecule has 0 spiro atoms. The van der Waals surface area contributed by atoms with Gasteiger partial charge in [-0.15, -0.1) is 0 Å². The van der Waals surface area contributed by atoms with Gasteiger partial charge in [-0.2, -0.15) is 0 Å². The van der Waals surface area contributed by atoms with E-state index >= 15 is 0 Å². The van der Waals surface area contributed by atoms with E-state index in [2.05, 4.69) is 0 Å². The van der Waals surface area contributed by atoms with Crippen molar-refractivity contribution in [2.75, 3.05) is 0 Å². The van der Waals surface area contributed by atoms with Crippen LogP contribution in [0.5, 0.6) is 11.5 Å². The van der Waals surface area contributed by atoms with E-state index in [1.54, 1.807) is 6.08 Å². The summed E-state index contributed by atoms with van der Waals surface area (Å²) in [5, 5.41) is 22.9. The van der Waals surface area contributed by atoms with Crippen molar-refractivity contribution in [3.05, 3.63) is 40.5 Å². The third-order valence-corrected chi connectivity index (χ3v) is 4.68. The maximum Gasteiger partial charge on any atom is 0.190 e. The van der Waals surface area contributed by atoms with Gasteiger partial charge in [0.15, 0.2) is 5.78 Å². The van der Waals surface area contributed by atoms with E-state index in [1.807, 2.05) is 53.7 Å². The first-order chi connectivity index (χ1) is 10.9. The molecule has 2 aromatic carbocycles. The molecule has 0 amide bonds. The Morgan fingerprint density at radius 2 is 1.33 bits per heavy atom. The molecule has 2 aromatic rings. The number of phenols is 2. The second-order valence-electron chi connectivity index (χ2n) is 8.63. The molecule has 3 heteroatoms. The molecule has 2 N–H and O–H groups in total. The highest BCUT2D eigenvalue weighted by Gasteiger charge is 2.30. The number of rotatable bonds is 0. The Balaban J connectivity index is 2.56. The number of carbonyl (C=O) groups excluding carboxylic acids is 1. The number of ketones is 1. The van der Waals surface area contributed by atoms with Gasteiger partial charge in [-0.05, 0) is 34.6 Å². The maximum absolute atomic E-state index is 12.4. The Morgan fingerprint density at radius 1 is 0.792 bits per heavy atom. The summed E-state index contributed by atoms with van der Waals surface area (Å²) >= 11 is 0. The Kier molecular flexibility index (Phi) is 3.35. The van der Waals surface area contributed by atoms with Crippen molar-refractivity contribution in [3.8, 4) is 11.5 Å². The smallest absolute Gasteiger partial charge is 0.190 e. The molecule has 0 heterocycles. The number of allylic oxidation sites excluding steroid dienone is 1. The summed E-state index contributed by atoms with van der Waals surface area (Å²) in [6.45, 7) is 12.1. The molecule has 1 aliphatic carbocycles. The highest BCUT2D eigenvalue weighted by Crippen LogP contribution is 2.47. The Labute approximate surface area is 142 Å². The minimum Gasteiger partial charge on any atom is -0.507 e. The van der Waals surface area contributed by atoms with Crippen molar-refractivity contribution in [1.29, 1.82) is 0 Å². The van der Waals surface area contributed by atoms with Crippen molar-refractivity contribution >= 4 is 22.6 Å². The van der Waals surface area contributed by atoms with Gasteiger partial charge in [0.2, 0.25) is 0 Å². The molecule has 0 saturated carbocycles. The molecule has 3 rings (SSSR count).